The fraction of sp³-hybridized carbons (Fsp3) is 0.375. The molecule has 3 rings (SSSR count). The van der Waals surface area contributed by atoms with Crippen molar-refractivity contribution in [1.82, 2.24) is 15.3 Å². The Kier molecular flexibility index (Phi) is 4.01. The zero-order valence-electron chi connectivity index (χ0n) is 11.7. The van der Waals surface area contributed by atoms with Crippen LogP contribution in [0.4, 0.5) is 0 Å². The first-order valence-electron chi connectivity index (χ1n) is 7.23. The zero-order chi connectivity index (χ0) is 14.7. The Hall–Kier alpha value is -2.14. The first-order valence-corrected chi connectivity index (χ1v) is 7.23. The lowest BCUT2D eigenvalue weighted by atomic mass is 9.75. The second-order valence-electron chi connectivity index (χ2n) is 5.62. The molecule has 1 amide bonds. The molecule has 5 nitrogen and oxygen atoms in total. The maximum atomic E-state index is 12.2. The van der Waals surface area contributed by atoms with Crippen LogP contribution >= 0.6 is 0 Å². The number of carbonyl (C=O) groups excluding carboxylic acids is 1. The Morgan fingerprint density at radius 1 is 1.38 bits per heavy atom. The SMILES string of the molecule is O=C(N[C@H](Cc1ccccc1)C1CC(O)C1)c1cnc[nH]1. The van der Waals surface area contributed by atoms with Crippen molar-refractivity contribution in [3.8, 4) is 0 Å². The number of imidazole rings is 1. The fourth-order valence-electron chi connectivity index (χ4n) is 2.79. The molecular weight excluding hydrogens is 266 g/mol. The standard InChI is InChI=1S/C16H19N3O2/c20-13-7-12(8-13)14(6-11-4-2-1-3-5-11)19-16(21)15-9-17-10-18-15/h1-5,9-10,12-14,20H,6-8H2,(H,17,18)(H,19,21)/t12?,13?,14-/m1/s1. The molecule has 0 saturated heterocycles. The minimum Gasteiger partial charge on any atom is -0.393 e. The maximum absolute atomic E-state index is 12.2. The molecule has 0 radical (unpaired) electrons. The first kappa shape index (κ1) is 13.8. The van der Waals surface area contributed by atoms with Crippen molar-refractivity contribution in [3.63, 3.8) is 0 Å². The minimum absolute atomic E-state index is 0.0339. The lowest BCUT2D eigenvalue weighted by molar-refractivity contribution is 0.0239. The van der Waals surface area contributed by atoms with Gasteiger partial charge in [0.1, 0.15) is 5.69 Å². The minimum atomic E-state index is -0.225. The topological polar surface area (TPSA) is 78.0 Å². The normalized spacial score (nSPS) is 22.3. The Morgan fingerprint density at radius 2 is 2.14 bits per heavy atom. The van der Waals surface area contributed by atoms with E-state index in [0.717, 1.165) is 19.3 Å². The highest BCUT2D eigenvalue weighted by molar-refractivity contribution is 5.92. The molecule has 0 bridgehead atoms. The van der Waals surface area contributed by atoms with Crippen LogP contribution in [0.5, 0.6) is 0 Å². The summed E-state index contributed by atoms with van der Waals surface area (Å²) in [7, 11) is 0. The largest absolute Gasteiger partial charge is 0.393 e. The number of aromatic amines is 1. The summed E-state index contributed by atoms with van der Waals surface area (Å²) in [5.74, 6) is 0.182. The third-order valence-corrected chi connectivity index (χ3v) is 4.08. The van der Waals surface area contributed by atoms with Crippen molar-refractivity contribution in [3.05, 3.63) is 54.1 Å². The van der Waals surface area contributed by atoms with Gasteiger partial charge in [-0.15, -0.1) is 0 Å². The maximum Gasteiger partial charge on any atom is 0.269 e. The summed E-state index contributed by atoms with van der Waals surface area (Å²) in [6, 6.07) is 10.1. The molecule has 1 aliphatic rings. The number of aliphatic hydroxyl groups is 1. The number of H-pyrrole nitrogens is 1. The number of hydrogen-bond acceptors (Lipinski definition) is 3. The molecule has 2 aromatic rings. The zero-order valence-corrected chi connectivity index (χ0v) is 11.7. The first-order chi connectivity index (χ1) is 10.2. The fourth-order valence-corrected chi connectivity index (χ4v) is 2.79. The molecule has 21 heavy (non-hydrogen) atoms. The van der Waals surface area contributed by atoms with E-state index in [9.17, 15) is 9.90 Å². The molecule has 1 fully saturated rings. The van der Waals surface area contributed by atoms with E-state index in [1.807, 2.05) is 18.2 Å². The van der Waals surface area contributed by atoms with Gasteiger partial charge in [-0.05, 0) is 30.7 Å². The molecule has 1 aromatic carbocycles. The Morgan fingerprint density at radius 3 is 2.76 bits per heavy atom. The third-order valence-electron chi connectivity index (χ3n) is 4.08. The van der Waals surface area contributed by atoms with Crippen molar-refractivity contribution in [1.29, 1.82) is 0 Å². The summed E-state index contributed by atoms with van der Waals surface area (Å²) in [6.45, 7) is 0. The van der Waals surface area contributed by atoms with Gasteiger partial charge in [-0.1, -0.05) is 30.3 Å². The van der Waals surface area contributed by atoms with Gasteiger partial charge < -0.3 is 15.4 Å². The smallest absolute Gasteiger partial charge is 0.269 e. The molecular formula is C16H19N3O2. The van der Waals surface area contributed by atoms with Crippen molar-refractivity contribution in [2.24, 2.45) is 5.92 Å². The predicted octanol–water partition coefficient (Wildman–Crippen LogP) is 1.52. The van der Waals surface area contributed by atoms with Crippen LogP contribution in [-0.4, -0.2) is 33.1 Å². The van der Waals surface area contributed by atoms with Gasteiger partial charge in [-0.2, -0.15) is 0 Å². The molecule has 0 spiro atoms. The van der Waals surface area contributed by atoms with E-state index in [-0.39, 0.29) is 18.1 Å². The monoisotopic (exact) mass is 285 g/mol. The lowest BCUT2D eigenvalue weighted by Gasteiger charge is -2.38. The molecule has 0 unspecified atom stereocenters. The molecule has 1 aromatic heterocycles. The van der Waals surface area contributed by atoms with Crippen LogP contribution in [0.25, 0.3) is 0 Å². The van der Waals surface area contributed by atoms with Crippen molar-refractivity contribution in [2.75, 3.05) is 0 Å². The van der Waals surface area contributed by atoms with Crippen LogP contribution in [0, 0.1) is 5.92 Å². The second-order valence-corrected chi connectivity index (χ2v) is 5.62. The number of nitrogens with one attached hydrogen (secondary N) is 2. The predicted molar refractivity (Wildman–Crippen MR) is 78.7 cm³/mol. The number of aromatic nitrogens is 2. The number of rotatable bonds is 5. The molecule has 0 aliphatic heterocycles. The van der Waals surface area contributed by atoms with Gasteiger partial charge in [0.2, 0.25) is 0 Å². The van der Waals surface area contributed by atoms with E-state index >= 15 is 0 Å². The van der Waals surface area contributed by atoms with E-state index in [1.54, 1.807) is 0 Å². The van der Waals surface area contributed by atoms with Crippen LogP contribution in [0.3, 0.4) is 0 Å². The number of hydrogen-bond donors (Lipinski definition) is 3. The van der Waals surface area contributed by atoms with Gasteiger partial charge in [0.25, 0.3) is 5.91 Å². The number of amides is 1. The van der Waals surface area contributed by atoms with Gasteiger partial charge in [0, 0.05) is 6.04 Å². The second kappa shape index (κ2) is 6.10. The number of aliphatic hydroxyl groups excluding tert-OH is 1. The average molecular weight is 285 g/mol. The van der Waals surface area contributed by atoms with Crippen molar-refractivity contribution in [2.45, 2.75) is 31.4 Å². The van der Waals surface area contributed by atoms with E-state index in [2.05, 4.69) is 27.4 Å². The highest BCUT2D eigenvalue weighted by Gasteiger charge is 2.35. The molecule has 110 valence electrons. The van der Waals surface area contributed by atoms with Crippen LogP contribution in [-0.2, 0) is 6.42 Å². The number of carbonyl (C=O) groups is 1. The lowest BCUT2D eigenvalue weighted by Crippen LogP contribution is -2.48. The van der Waals surface area contributed by atoms with Crippen LogP contribution in [0.2, 0.25) is 0 Å². The van der Waals surface area contributed by atoms with Gasteiger partial charge >= 0.3 is 0 Å². The molecule has 1 heterocycles. The van der Waals surface area contributed by atoms with Gasteiger partial charge in [0.05, 0.1) is 18.6 Å². The summed E-state index contributed by atoms with van der Waals surface area (Å²) in [4.78, 5) is 18.9. The van der Waals surface area contributed by atoms with Crippen molar-refractivity contribution < 1.29 is 9.90 Å². The van der Waals surface area contributed by atoms with Crippen LogP contribution < -0.4 is 5.32 Å². The van der Waals surface area contributed by atoms with Crippen LogP contribution in [0.1, 0.15) is 28.9 Å². The van der Waals surface area contributed by atoms with Gasteiger partial charge in [-0.25, -0.2) is 4.98 Å². The summed E-state index contributed by atoms with van der Waals surface area (Å²) in [5, 5.41) is 12.6. The van der Waals surface area contributed by atoms with E-state index in [4.69, 9.17) is 0 Å². The highest BCUT2D eigenvalue weighted by Crippen LogP contribution is 2.31. The molecule has 1 saturated carbocycles. The van der Waals surface area contributed by atoms with Gasteiger partial charge in [-0.3, -0.25) is 4.79 Å². The Balaban J connectivity index is 1.69. The summed E-state index contributed by atoms with van der Waals surface area (Å²) in [5.41, 5.74) is 1.65. The molecule has 1 atom stereocenters. The summed E-state index contributed by atoms with van der Waals surface area (Å²) in [6.07, 6.45) is 5.07. The quantitative estimate of drug-likeness (QED) is 0.779. The molecule has 3 N–H and O–H groups in total. The number of nitrogens with zero attached hydrogens (tertiary/aromatic N) is 1. The third kappa shape index (κ3) is 3.31. The summed E-state index contributed by atoms with van der Waals surface area (Å²) < 4.78 is 0. The highest BCUT2D eigenvalue weighted by atomic mass is 16.3. The van der Waals surface area contributed by atoms with Crippen LogP contribution in [0.15, 0.2) is 42.9 Å². The van der Waals surface area contributed by atoms with E-state index in [0.29, 0.717) is 11.6 Å². The van der Waals surface area contributed by atoms with Crippen molar-refractivity contribution >= 4 is 5.91 Å². The molecule has 1 aliphatic carbocycles. The Bertz CT molecular complexity index is 577. The van der Waals surface area contributed by atoms with Gasteiger partial charge in [0.15, 0.2) is 0 Å². The Labute approximate surface area is 123 Å². The average Bonchev–Trinajstić information content (AvgIpc) is 2.98. The summed E-state index contributed by atoms with van der Waals surface area (Å²) >= 11 is 0. The van der Waals surface area contributed by atoms with E-state index in [1.165, 1.54) is 18.1 Å². The van der Waals surface area contributed by atoms with E-state index < -0.39 is 0 Å². The number of benzene rings is 1. The molecule has 5 heteroatoms.